The molecule has 122 valence electrons. The van der Waals surface area contributed by atoms with Gasteiger partial charge in [0.05, 0.1) is 28.9 Å². The van der Waals surface area contributed by atoms with Crippen LogP contribution in [0.1, 0.15) is 5.01 Å². The van der Waals surface area contributed by atoms with Crippen LogP contribution in [0.3, 0.4) is 0 Å². The Morgan fingerprint density at radius 2 is 2.12 bits per heavy atom. The molecule has 24 heavy (non-hydrogen) atoms. The molecule has 2 heterocycles. The lowest BCUT2D eigenvalue weighted by molar-refractivity contribution is 0.253. The third kappa shape index (κ3) is 2.90. The summed E-state index contributed by atoms with van der Waals surface area (Å²) in [6.45, 7) is 1.12. The Bertz CT molecular complexity index is 1050. The normalized spacial score (nSPS) is 11.8. The van der Waals surface area contributed by atoms with Crippen molar-refractivity contribution in [2.24, 2.45) is 0 Å². The Labute approximate surface area is 150 Å². The molecule has 5 nitrogen and oxygen atoms in total. The molecule has 0 atom stereocenters. The smallest absolute Gasteiger partial charge is 0.408 e. The number of para-hydroxylation sites is 1. The van der Waals surface area contributed by atoms with Crippen LogP contribution in [0.2, 0.25) is 0 Å². The van der Waals surface area contributed by atoms with Gasteiger partial charge < -0.3 is 4.42 Å². The zero-order chi connectivity index (χ0) is 16.7. The molecule has 0 amide bonds. The summed E-state index contributed by atoms with van der Waals surface area (Å²) in [6, 6.07) is 13.7. The molecule has 2 aromatic carbocycles. The molecule has 7 heteroatoms. The highest BCUT2D eigenvalue weighted by atomic mass is 79.9. The van der Waals surface area contributed by atoms with Crippen molar-refractivity contribution in [3.8, 4) is 0 Å². The number of aromatic nitrogens is 2. The van der Waals surface area contributed by atoms with E-state index in [-0.39, 0.29) is 5.76 Å². The van der Waals surface area contributed by atoms with Crippen molar-refractivity contribution in [1.82, 2.24) is 14.5 Å². The summed E-state index contributed by atoms with van der Waals surface area (Å²) in [5, 5.41) is 1.03. The van der Waals surface area contributed by atoms with Crippen LogP contribution in [0.25, 0.3) is 21.3 Å². The van der Waals surface area contributed by atoms with Gasteiger partial charge in [-0.2, -0.15) is 0 Å². The summed E-state index contributed by atoms with van der Waals surface area (Å²) >= 11 is 5.07. The van der Waals surface area contributed by atoms with Gasteiger partial charge in [-0.25, -0.2) is 9.78 Å². The second-order valence-electron chi connectivity index (χ2n) is 5.64. The molecule has 0 fully saturated rings. The van der Waals surface area contributed by atoms with Crippen molar-refractivity contribution in [3.63, 3.8) is 0 Å². The molecule has 0 aliphatic rings. The van der Waals surface area contributed by atoms with E-state index in [1.807, 2.05) is 37.4 Å². The highest BCUT2D eigenvalue weighted by Crippen LogP contribution is 2.23. The zero-order valence-electron chi connectivity index (χ0n) is 12.9. The highest BCUT2D eigenvalue weighted by Gasteiger charge is 2.13. The van der Waals surface area contributed by atoms with Crippen LogP contribution in [-0.4, -0.2) is 21.5 Å². The van der Waals surface area contributed by atoms with Gasteiger partial charge in [0.25, 0.3) is 0 Å². The monoisotopic (exact) mass is 403 g/mol. The molecule has 0 unspecified atom stereocenters. The lowest BCUT2D eigenvalue weighted by Crippen LogP contribution is -2.27. The first kappa shape index (κ1) is 15.6. The van der Waals surface area contributed by atoms with Crippen molar-refractivity contribution in [3.05, 3.63) is 62.5 Å². The number of hydrogen-bond donors (Lipinski definition) is 0. The third-order valence-electron chi connectivity index (χ3n) is 3.76. The Morgan fingerprint density at radius 1 is 1.29 bits per heavy atom. The molecule has 0 radical (unpaired) electrons. The molecule has 0 saturated carbocycles. The van der Waals surface area contributed by atoms with Crippen LogP contribution in [-0.2, 0) is 13.2 Å². The molecule has 2 aromatic heterocycles. The summed E-state index contributed by atoms with van der Waals surface area (Å²) in [4.78, 5) is 18.8. The molecule has 4 aromatic rings. The molecule has 0 aliphatic carbocycles. The topological polar surface area (TPSA) is 51.3 Å². The van der Waals surface area contributed by atoms with Crippen LogP contribution in [0.15, 0.2) is 56.1 Å². The number of benzene rings is 2. The van der Waals surface area contributed by atoms with Crippen molar-refractivity contribution in [2.45, 2.75) is 13.2 Å². The lowest BCUT2D eigenvalue weighted by atomic mass is 10.3. The van der Waals surface area contributed by atoms with Crippen molar-refractivity contribution >= 4 is 48.6 Å². The number of rotatable bonds is 4. The van der Waals surface area contributed by atoms with E-state index in [9.17, 15) is 4.79 Å². The van der Waals surface area contributed by atoms with Crippen molar-refractivity contribution < 1.29 is 4.42 Å². The maximum atomic E-state index is 12.1. The number of nitrogens with zero attached hydrogens (tertiary/aromatic N) is 3. The summed E-state index contributed by atoms with van der Waals surface area (Å²) in [6.07, 6.45) is 0. The SMILES string of the molecule is CN(Cc1nc2ccccc2s1)Cn1c(=O)oc2cc(Br)ccc21. The number of fused-ring (bicyclic) bond motifs is 2. The van der Waals surface area contributed by atoms with Gasteiger partial charge in [-0.3, -0.25) is 9.47 Å². The van der Waals surface area contributed by atoms with E-state index in [1.54, 1.807) is 22.0 Å². The second kappa shape index (κ2) is 6.16. The van der Waals surface area contributed by atoms with Gasteiger partial charge in [0.1, 0.15) is 5.01 Å². The number of oxazole rings is 1. The first-order chi connectivity index (χ1) is 11.6. The summed E-state index contributed by atoms with van der Waals surface area (Å²) in [7, 11) is 1.97. The maximum Gasteiger partial charge on any atom is 0.421 e. The number of thiazole rings is 1. The first-order valence-corrected chi connectivity index (χ1v) is 9.03. The van der Waals surface area contributed by atoms with Crippen molar-refractivity contribution in [2.75, 3.05) is 7.05 Å². The predicted octanol–water partition coefficient (Wildman–Crippen LogP) is 4.06. The van der Waals surface area contributed by atoms with E-state index in [0.717, 1.165) is 20.5 Å². The van der Waals surface area contributed by atoms with Crippen molar-refractivity contribution in [1.29, 1.82) is 0 Å². The Hall–Kier alpha value is -1.96. The Balaban J connectivity index is 1.58. The average molecular weight is 404 g/mol. The minimum Gasteiger partial charge on any atom is -0.408 e. The van der Waals surface area contributed by atoms with E-state index in [1.165, 1.54) is 4.70 Å². The van der Waals surface area contributed by atoms with Gasteiger partial charge in [-0.15, -0.1) is 11.3 Å². The standard InChI is InChI=1S/C17H14BrN3O2S/c1-20(9-16-19-12-4-2-3-5-15(12)24-16)10-21-13-7-6-11(18)8-14(13)23-17(21)22/h2-8H,9-10H2,1H3. The van der Waals surface area contributed by atoms with Gasteiger partial charge in [0, 0.05) is 4.47 Å². The minimum absolute atomic E-state index is 0.348. The summed E-state index contributed by atoms with van der Waals surface area (Å²) < 4.78 is 9.02. The van der Waals surface area contributed by atoms with Gasteiger partial charge >= 0.3 is 5.76 Å². The molecular weight excluding hydrogens is 390 g/mol. The van der Waals surface area contributed by atoms with E-state index >= 15 is 0 Å². The minimum atomic E-state index is -0.348. The van der Waals surface area contributed by atoms with Crippen LogP contribution < -0.4 is 5.76 Å². The molecule has 0 N–H and O–H groups in total. The molecule has 0 saturated heterocycles. The third-order valence-corrected chi connectivity index (χ3v) is 5.27. The molecule has 0 bridgehead atoms. The maximum absolute atomic E-state index is 12.1. The predicted molar refractivity (Wildman–Crippen MR) is 99.3 cm³/mol. The second-order valence-corrected chi connectivity index (χ2v) is 7.67. The van der Waals surface area contributed by atoms with Crippen LogP contribution >= 0.6 is 27.3 Å². The Kier molecular flexibility index (Phi) is 3.99. The van der Waals surface area contributed by atoms with Gasteiger partial charge in [0.2, 0.25) is 0 Å². The van der Waals surface area contributed by atoms with Gasteiger partial charge in [-0.05, 0) is 37.4 Å². The van der Waals surface area contributed by atoms with E-state index in [0.29, 0.717) is 18.8 Å². The van der Waals surface area contributed by atoms with E-state index in [4.69, 9.17) is 4.42 Å². The van der Waals surface area contributed by atoms with Crippen LogP contribution in [0, 0.1) is 0 Å². The van der Waals surface area contributed by atoms with Gasteiger partial charge in [0.15, 0.2) is 5.58 Å². The number of hydrogen-bond acceptors (Lipinski definition) is 5. The summed E-state index contributed by atoms with van der Waals surface area (Å²) in [5.74, 6) is -0.348. The number of halogens is 1. The molecule has 4 rings (SSSR count). The molecule has 0 aliphatic heterocycles. The van der Waals surface area contributed by atoms with Crippen LogP contribution in [0.5, 0.6) is 0 Å². The summed E-state index contributed by atoms with van der Waals surface area (Å²) in [5.41, 5.74) is 2.39. The first-order valence-electron chi connectivity index (χ1n) is 7.42. The largest absolute Gasteiger partial charge is 0.421 e. The van der Waals surface area contributed by atoms with Gasteiger partial charge in [-0.1, -0.05) is 28.1 Å². The van der Waals surface area contributed by atoms with E-state index in [2.05, 4.69) is 31.9 Å². The van der Waals surface area contributed by atoms with E-state index < -0.39 is 0 Å². The highest BCUT2D eigenvalue weighted by molar-refractivity contribution is 9.10. The zero-order valence-corrected chi connectivity index (χ0v) is 15.3. The average Bonchev–Trinajstić information content (AvgIpc) is 3.07. The lowest BCUT2D eigenvalue weighted by Gasteiger charge is -2.15. The molecular formula is C17H14BrN3O2S. The Morgan fingerprint density at radius 3 is 2.96 bits per heavy atom. The molecule has 0 spiro atoms. The fraction of sp³-hybridized carbons (Fsp3) is 0.176. The quantitative estimate of drug-likeness (QED) is 0.515. The van der Waals surface area contributed by atoms with Crippen LogP contribution in [0.4, 0.5) is 0 Å². The fourth-order valence-corrected chi connectivity index (χ4v) is 4.07. The fourth-order valence-electron chi connectivity index (χ4n) is 2.68.